The molecular weight excluding hydrogens is 440 g/mol. The van der Waals surface area contributed by atoms with Crippen molar-refractivity contribution in [2.24, 2.45) is 0 Å². The van der Waals surface area contributed by atoms with Crippen LogP contribution < -0.4 is 0 Å². The molecule has 31 heavy (non-hydrogen) atoms. The molecule has 0 saturated carbocycles. The van der Waals surface area contributed by atoms with Gasteiger partial charge in [-0.25, -0.2) is 22.2 Å². The Balaban J connectivity index is 1.93. The second-order valence-electron chi connectivity index (χ2n) is 6.81. The van der Waals surface area contributed by atoms with Gasteiger partial charge in [0.25, 0.3) is 0 Å². The van der Waals surface area contributed by atoms with Crippen molar-refractivity contribution in [3.05, 3.63) is 95.0 Å². The molecule has 0 atom stereocenters. The van der Waals surface area contributed by atoms with Gasteiger partial charge in [0.2, 0.25) is 5.78 Å². The maximum Gasteiger partial charge on any atom is 0.221 e. The van der Waals surface area contributed by atoms with Crippen LogP contribution in [0.3, 0.4) is 0 Å². The molecule has 0 saturated heterocycles. The molecule has 0 fully saturated rings. The van der Waals surface area contributed by atoms with Crippen molar-refractivity contribution in [2.45, 2.75) is 4.90 Å². The summed E-state index contributed by atoms with van der Waals surface area (Å²) in [5.41, 5.74) is 1.50. The Bertz CT molecular complexity index is 1380. The molecule has 4 aromatic rings. The summed E-state index contributed by atoms with van der Waals surface area (Å²) in [5, 5.41) is 0.115. The minimum absolute atomic E-state index is 0.0736. The van der Waals surface area contributed by atoms with Gasteiger partial charge in [0.15, 0.2) is 14.8 Å². The lowest BCUT2D eigenvalue weighted by atomic mass is 10.1. The Morgan fingerprint density at radius 1 is 0.871 bits per heavy atom. The highest BCUT2D eigenvalue weighted by Crippen LogP contribution is 2.40. The third-order valence-corrected chi connectivity index (χ3v) is 6.83. The Hall–Kier alpha value is -3.23. The SMILES string of the molecule is CS(=O)(=O)c1ccccc1-c1nc(C(=O)c2ccc(F)cc2)sc1-c1ccc(F)cc1. The van der Waals surface area contributed by atoms with Gasteiger partial charge >= 0.3 is 0 Å². The summed E-state index contributed by atoms with van der Waals surface area (Å²) < 4.78 is 51.4. The zero-order valence-corrected chi connectivity index (χ0v) is 17.8. The van der Waals surface area contributed by atoms with Gasteiger partial charge in [-0.2, -0.15) is 0 Å². The predicted octanol–water partition coefficient (Wildman–Crippen LogP) is 5.39. The maximum atomic E-state index is 13.5. The first-order valence-corrected chi connectivity index (χ1v) is 11.8. The lowest BCUT2D eigenvalue weighted by Crippen LogP contribution is -2.02. The Labute approximate surface area is 181 Å². The Morgan fingerprint density at radius 3 is 2.06 bits per heavy atom. The van der Waals surface area contributed by atoms with E-state index in [1.165, 1.54) is 42.5 Å². The van der Waals surface area contributed by atoms with Gasteiger partial charge in [-0.1, -0.05) is 30.3 Å². The number of nitrogens with zero attached hydrogens (tertiary/aromatic N) is 1. The van der Waals surface area contributed by atoms with E-state index in [0.29, 0.717) is 21.7 Å². The smallest absolute Gasteiger partial charge is 0.221 e. The molecule has 4 nitrogen and oxygen atoms in total. The van der Waals surface area contributed by atoms with E-state index in [4.69, 9.17) is 0 Å². The Kier molecular flexibility index (Phi) is 5.51. The van der Waals surface area contributed by atoms with E-state index in [-0.39, 0.29) is 15.5 Å². The molecule has 3 aromatic carbocycles. The van der Waals surface area contributed by atoms with Gasteiger partial charge < -0.3 is 0 Å². The molecule has 0 aliphatic heterocycles. The van der Waals surface area contributed by atoms with Crippen LogP contribution in [0.5, 0.6) is 0 Å². The third-order valence-electron chi connectivity index (χ3n) is 4.58. The molecule has 0 amide bonds. The molecule has 0 bridgehead atoms. The van der Waals surface area contributed by atoms with E-state index in [2.05, 4.69) is 4.98 Å². The number of thiazole rings is 1. The number of hydrogen-bond acceptors (Lipinski definition) is 5. The topological polar surface area (TPSA) is 64.1 Å². The molecule has 0 unspecified atom stereocenters. The largest absolute Gasteiger partial charge is 0.286 e. The van der Waals surface area contributed by atoms with Crippen molar-refractivity contribution in [3.63, 3.8) is 0 Å². The van der Waals surface area contributed by atoms with Crippen LogP contribution >= 0.6 is 11.3 Å². The molecule has 0 spiro atoms. The molecule has 0 radical (unpaired) electrons. The molecule has 4 rings (SSSR count). The minimum Gasteiger partial charge on any atom is -0.286 e. The molecule has 0 N–H and O–H groups in total. The third kappa shape index (κ3) is 4.30. The van der Waals surface area contributed by atoms with Gasteiger partial charge in [-0.15, -0.1) is 11.3 Å². The highest BCUT2D eigenvalue weighted by Gasteiger charge is 2.24. The average molecular weight is 456 g/mol. The van der Waals surface area contributed by atoms with Gasteiger partial charge in [0.1, 0.15) is 11.6 Å². The summed E-state index contributed by atoms with van der Waals surface area (Å²) in [6.07, 6.45) is 1.10. The van der Waals surface area contributed by atoms with Crippen LogP contribution in [0, 0.1) is 11.6 Å². The fourth-order valence-corrected chi connectivity index (χ4v) is 5.04. The van der Waals surface area contributed by atoms with Crippen LogP contribution in [0.25, 0.3) is 21.7 Å². The van der Waals surface area contributed by atoms with Gasteiger partial charge in [0, 0.05) is 17.4 Å². The molecule has 8 heteroatoms. The highest BCUT2D eigenvalue weighted by molar-refractivity contribution is 7.90. The lowest BCUT2D eigenvalue weighted by molar-refractivity contribution is 0.103. The van der Waals surface area contributed by atoms with E-state index in [9.17, 15) is 22.0 Å². The number of halogens is 2. The lowest BCUT2D eigenvalue weighted by Gasteiger charge is -2.08. The quantitative estimate of drug-likeness (QED) is 0.379. The van der Waals surface area contributed by atoms with Crippen molar-refractivity contribution < 1.29 is 22.0 Å². The number of benzene rings is 3. The number of rotatable bonds is 5. The minimum atomic E-state index is -3.58. The van der Waals surface area contributed by atoms with Crippen LogP contribution in [0.15, 0.2) is 77.7 Å². The summed E-state index contributed by atoms with van der Waals surface area (Å²) >= 11 is 1.07. The van der Waals surface area contributed by atoms with Crippen LogP contribution in [-0.2, 0) is 9.84 Å². The van der Waals surface area contributed by atoms with Gasteiger partial charge in [0.05, 0.1) is 15.5 Å². The van der Waals surface area contributed by atoms with Crippen LogP contribution in [0.2, 0.25) is 0 Å². The summed E-state index contributed by atoms with van der Waals surface area (Å²) in [5.74, 6) is -1.31. The van der Waals surface area contributed by atoms with E-state index < -0.39 is 27.3 Å². The molecule has 1 aromatic heterocycles. The Morgan fingerprint density at radius 2 is 1.45 bits per heavy atom. The summed E-state index contributed by atoms with van der Waals surface area (Å²) in [6, 6.07) is 17.1. The van der Waals surface area contributed by atoms with Crippen LogP contribution in [0.1, 0.15) is 15.4 Å². The number of aromatic nitrogens is 1. The molecule has 156 valence electrons. The van der Waals surface area contributed by atoms with Crippen molar-refractivity contribution >= 4 is 27.0 Å². The zero-order chi connectivity index (χ0) is 22.2. The maximum absolute atomic E-state index is 13.5. The first-order chi connectivity index (χ1) is 14.7. The molecule has 1 heterocycles. The summed E-state index contributed by atoms with van der Waals surface area (Å²) in [6.45, 7) is 0. The highest BCUT2D eigenvalue weighted by atomic mass is 32.2. The average Bonchev–Trinajstić information content (AvgIpc) is 3.19. The number of ketones is 1. The zero-order valence-electron chi connectivity index (χ0n) is 16.2. The first kappa shape index (κ1) is 21.0. The van der Waals surface area contributed by atoms with Crippen LogP contribution in [0.4, 0.5) is 8.78 Å². The predicted molar refractivity (Wildman–Crippen MR) is 116 cm³/mol. The standard InChI is InChI=1S/C23H15F2NO3S2/c1-31(28,29)19-5-3-2-4-18(19)20-22(15-8-12-17(25)13-9-15)30-23(26-20)21(27)14-6-10-16(24)11-7-14/h2-13H,1H3. The normalized spacial score (nSPS) is 11.5. The van der Waals surface area contributed by atoms with E-state index >= 15 is 0 Å². The van der Waals surface area contributed by atoms with Crippen molar-refractivity contribution in [2.75, 3.05) is 6.26 Å². The second-order valence-corrected chi connectivity index (χ2v) is 9.79. The monoisotopic (exact) mass is 455 g/mol. The van der Waals surface area contributed by atoms with E-state index in [1.807, 2.05) is 0 Å². The summed E-state index contributed by atoms with van der Waals surface area (Å²) in [7, 11) is -3.58. The van der Waals surface area contributed by atoms with E-state index in [0.717, 1.165) is 17.6 Å². The van der Waals surface area contributed by atoms with Crippen LogP contribution in [-0.4, -0.2) is 25.4 Å². The second kappa shape index (κ2) is 8.13. The van der Waals surface area contributed by atoms with Crippen molar-refractivity contribution in [1.82, 2.24) is 4.98 Å². The molecule has 0 aliphatic carbocycles. The molecular formula is C23H15F2NO3S2. The van der Waals surface area contributed by atoms with E-state index in [1.54, 1.807) is 30.3 Å². The number of hydrogen-bond donors (Lipinski definition) is 0. The van der Waals surface area contributed by atoms with Gasteiger partial charge in [-0.3, -0.25) is 4.79 Å². The number of carbonyl (C=O) groups excluding carboxylic acids is 1. The molecule has 0 aliphatic rings. The number of sulfone groups is 1. The number of carbonyl (C=O) groups is 1. The van der Waals surface area contributed by atoms with Crippen molar-refractivity contribution in [1.29, 1.82) is 0 Å². The fraction of sp³-hybridized carbons (Fsp3) is 0.0435. The summed E-state index contributed by atoms with van der Waals surface area (Å²) in [4.78, 5) is 18.0. The first-order valence-electron chi connectivity index (χ1n) is 9.10. The van der Waals surface area contributed by atoms with Gasteiger partial charge in [-0.05, 0) is 48.0 Å². The van der Waals surface area contributed by atoms with Crippen molar-refractivity contribution in [3.8, 4) is 21.7 Å². The fourth-order valence-electron chi connectivity index (χ4n) is 3.11.